The van der Waals surface area contributed by atoms with Gasteiger partial charge in [0, 0.05) is 28.8 Å². The van der Waals surface area contributed by atoms with Crippen LogP contribution in [0.4, 0.5) is 10.1 Å². The van der Waals surface area contributed by atoms with Crippen molar-refractivity contribution in [2.75, 3.05) is 11.1 Å². The molecule has 4 aromatic rings. The molecule has 146 valence electrons. The Bertz CT molecular complexity index is 1240. The summed E-state index contributed by atoms with van der Waals surface area (Å²) in [6.45, 7) is 0. The number of carbonyl (C=O) groups is 1. The van der Waals surface area contributed by atoms with Gasteiger partial charge in [-0.05, 0) is 48.5 Å². The van der Waals surface area contributed by atoms with Crippen LogP contribution in [0.15, 0.2) is 70.9 Å². The summed E-state index contributed by atoms with van der Waals surface area (Å²) in [5, 5.41) is 11.7. The highest BCUT2D eigenvalue weighted by Gasteiger charge is 2.13. The third-order valence-electron chi connectivity index (χ3n) is 4.00. The number of anilines is 1. The Hall–Kier alpha value is -3.17. The molecule has 0 spiro atoms. The molecule has 29 heavy (non-hydrogen) atoms. The van der Waals surface area contributed by atoms with E-state index in [-0.39, 0.29) is 23.1 Å². The van der Waals surface area contributed by atoms with Crippen LogP contribution in [0.5, 0.6) is 0 Å². The number of halogens is 2. The molecule has 2 heterocycles. The molecular formula is C19H13ClFN5O2S. The van der Waals surface area contributed by atoms with Gasteiger partial charge in [-0.15, -0.1) is 10.2 Å². The quantitative estimate of drug-likeness (QED) is 0.492. The molecule has 0 saturated carbocycles. The highest BCUT2D eigenvalue weighted by Crippen LogP contribution is 2.18. The number of nitrogens with one attached hydrogen (secondary N) is 1. The van der Waals surface area contributed by atoms with E-state index in [0.717, 1.165) is 11.8 Å². The lowest BCUT2D eigenvalue weighted by atomic mass is 10.3. The van der Waals surface area contributed by atoms with Gasteiger partial charge >= 0.3 is 5.56 Å². The lowest BCUT2D eigenvalue weighted by Crippen LogP contribution is -2.20. The van der Waals surface area contributed by atoms with Crippen molar-refractivity contribution in [2.24, 2.45) is 0 Å². The zero-order chi connectivity index (χ0) is 20.4. The summed E-state index contributed by atoms with van der Waals surface area (Å²) in [7, 11) is 0. The standard InChI is InChI=1S/C19H13ClFN5O2S/c20-12-1-5-14(6-2-12)22-16(27)11-29-19-24-23-17-18(28)25(9-10-26(17)19)15-7-3-13(21)4-8-15/h1-10H,11H2,(H,22,27). The van der Waals surface area contributed by atoms with E-state index in [1.165, 1.54) is 33.2 Å². The first-order chi connectivity index (χ1) is 14.0. The van der Waals surface area contributed by atoms with Crippen molar-refractivity contribution in [3.05, 3.63) is 82.1 Å². The number of amides is 1. The van der Waals surface area contributed by atoms with Crippen LogP contribution in [0.25, 0.3) is 11.3 Å². The van der Waals surface area contributed by atoms with E-state index < -0.39 is 5.56 Å². The SMILES string of the molecule is O=C(CSc1nnc2c(=O)n(-c3ccc(F)cc3)ccn12)Nc1ccc(Cl)cc1. The summed E-state index contributed by atoms with van der Waals surface area (Å²) in [5.74, 6) is -0.528. The van der Waals surface area contributed by atoms with Gasteiger partial charge in [0.2, 0.25) is 11.6 Å². The van der Waals surface area contributed by atoms with Gasteiger partial charge in [0.05, 0.1) is 5.75 Å². The molecule has 7 nitrogen and oxygen atoms in total. The first-order valence-electron chi connectivity index (χ1n) is 8.42. The van der Waals surface area contributed by atoms with Crippen molar-refractivity contribution in [3.63, 3.8) is 0 Å². The number of rotatable bonds is 5. The molecule has 0 atom stereocenters. The average molecular weight is 430 g/mol. The van der Waals surface area contributed by atoms with Crippen LogP contribution in [0.3, 0.4) is 0 Å². The Balaban J connectivity index is 1.51. The molecule has 0 saturated heterocycles. The van der Waals surface area contributed by atoms with Gasteiger partial charge in [-0.3, -0.25) is 18.6 Å². The van der Waals surface area contributed by atoms with E-state index in [1.807, 2.05) is 0 Å². The Morgan fingerprint density at radius 3 is 2.52 bits per heavy atom. The van der Waals surface area contributed by atoms with Gasteiger partial charge < -0.3 is 5.32 Å². The third-order valence-corrected chi connectivity index (χ3v) is 5.20. The van der Waals surface area contributed by atoms with Crippen molar-refractivity contribution in [2.45, 2.75) is 5.16 Å². The minimum Gasteiger partial charge on any atom is -0.325 e. The molecule has 1 N–H and O–H groups in total. The maximum absolute atomic E-state index is 13.1. The minimum atomic E-state index is -0.399. The molecule has 0 radical (unpaired) electrons. The fourth-order valence-corrected chi connectivity index (χ4v) is 3.47. The number of benzene rings is 2. The molecule has 0 aliphatic heterocycles. The maximum Gasteiger partial charge on any atom is 0.300 e. The second-order valence-corrected chi connectivity index (χ2v) is 7.35. The van der Waals surface area contributed by atoms with Crippen molar-refractivity contribution >= 4 is 40.6 Å². The molecular weight excluding hydrogens is 417 g/mol. The fourth-order valence-electron chi connectivity index (χ4n) is 2.63. The van der Waals surface area contributed by atoms with E-state index in [9.17, 15) is 14.0 Å². The van der Waals surface area contributed by atoms with E-state index in [4.69, 9.17) is 11.6 Å². The topological polar surface area (TPSA) is 81.3 Å². The van der Waals surface area contributed by atoms with Crippen molar-refractivity contribution in [1.29, 1.82) is 0 Å². The van der Waals surface area contributed by atoms with Gasteiger partial charge in [0.15, 0.2) is 5.16 Å². The molecule has 0 aliphatic carbocycles. The molecule has 0 bridgehead atoms. The summed E-state index contributed by atoms with van der Waals surface area (Å²) < 4.78 is 16.0. The number of hydrogen-bond acceptors (Lipinski definition) is 5. The summed E-state index contributed by atoms with van der Waals surface area (Å²) in [5.41, 5.74) is 0.855. The molecule has 10 heteroatoms. The van der Waals surface area contributed by atoms with Crippen LogP contribution in [0.2, 0.25) is 5.02 Å². The van der Waals surface area contributed by atoms with E-state index in [1.54, 1.807) is 36.7 Å². The Labute approximate surface area is 173 Å². The number of nitrogens with zero attached hydrogens (tertiary/aromatic N) is 4. The average Bonchev–Trinajstić information content (AvgIpc) is 3.13. The molecule has 2 aromatic carbocycles. The number of fused-ring (bicyclic) bond motifs is 1. The predicted octanol–water partition coefficient (Wildman–Crippen LogP) is 3.40. The normalized spacial score (nSPS) is 11.0. The lowest BCUT2D eigenvalue weighted by Gasteiger charge is -2.06. The molecule has 0 aliphatic rings. The zero-order valence-electron chi connectivity index (χ0n) is 14.8. The van der Waals surface area contributed by atoms with Crippen LogP contribution in [-0.2, 0) is 4.79 Å². The molecule has 0 fully saturated rings. The van der Waals surface area contributed by atoms with Crippen molar-refractivity contribution in [3.8, 4) is 5.69 Å². The number of thioether (sulfide) groups is 1. The first-order valence-corrected chi connectivity index (χ1v) is 9.78. The summed E-state index contributed by atoms with van der Waals surface area (Å²) in [6.07, 6.45) is 3.17. The number of carbonyl (C=O) groups excluding carboxylic acids is 1. The second kappa shape index (κ2) is 8.06. The Morgan fingerprint density at radius 1 is 1.07 bits per heavy atom. The van der Waals surface area contributed by atoms with Crippen LogP contribution < -0.4 is 10.9 Å². The van der Waals surface area contributed by atoms with Crippen molar-refractivity contribution < 1.29 is 9.18 Å². The van der Waals surface area contributed by atoms with Crippen LogP contribution >= 0.6 is 23.4 Å². The van der Waals surface area contributed by atoms with Crippen molar-refractivity contribution in [1.82, 2.24) is 19.2 Å². The fraction of sp³-hybridized carbons (Fsp3) is 0.0526. The van der Waals surface area contributed by atoms with Crippen LogP contribution in [0.1, 0.15) is 0 Å². The highest BCUT2D eigenvalue weighted by molar-refractivity contribution is 7.99. The number of aromatic nitrogens is 4. The van der Waals surface area contributed by atoms with Crippen LogP contribution in [0, 0.1) is 5.82 Å². The molecule has 0 unspecified atom stereocenters. The summed E-state index contributed by atoms with van der Waals surface area (Å²) >= 11 is 6.98. The monoisotopic (exact) mass is 429 g/mol. The molecule has 2 aromatic heterocycles. The zero-order valence-corrected chi connectivity index (χ0v) is 16.3. The van der Waals surface area contributed by atoms with Crippen LogP contribution in [-0.4, -0.2) is 30.8 Å². The van der Waals surface area contributed by atoms with Gasteiger partial charge in [-0.25, -0.2) is 4.39 Å². The molecule has 4 rings (SSSR count). The summed E-state index contributed by atoms with van der Waals surface area (Å²) in [4.78, 5) is 24.8. The largest absolute Gasteiger partial charge is 0.325 e. The van der Waals surface area contributed by atoms with Gasteiger partial charge in [0.25, 0.3) is 0 Å². The van der Waals surface area contributed by atoms with Gasteiger partial charge in [-0.1, -0.05) is 23.4 Å². The maximum atomic E-state index is 13.1. The van der Waals surface area contributed by atoms with Gasteiger partial charge in [0.1, 0.15) is 5.82 Å². The number of hydrogen-bond donors (Lipinski definition) is 1. The lowest BCUT2D eigenvalue weighted by molar-refractivity contribution is -0.113. The highest BCUT2D eigenvalue weighted by atomic mass is 35.5. The smallest absolute Gasteiger partial charge is 0.300 e. The Morgan fingerprint density at radius 2 is 1.79 bits per heavy atom. The second-order valence-electron chi connectivity index (χ2n) is 5.97. The Kier molecular flexibility index (Phi) is 5.32. The summed E-state index contributed by atoms with van der Waals surface area (Å²) in [6, 6.07) is 12.3. The van der Waals surface area contributed by atoms with E-state index in [0.29, 0.717) is 21.6 Å². The van der Waals surface area contributed by atoms with E-state index in [2.05, 4.69) is 15.5 Å². The first kappa shape index (κ1) is 19.2. The van der Waals surface area contributed by atoms with E-state index >= 15 is 0 Å². The predicted molar refractivity (Wildman–Crippen MR) is 109 cm³/mol. The molecule has 1 amide bonds. The van der Waals surface area contributed by atoms with Gasteiger partial charge in [-0.2, -0.15) is 0 Å². The third kappa shape index (κ3) is 4.15. The minimum absolute atomic E-state index is 0.0878.